The number of carbonyl (C=O) groups is 1. The summed E-state index contributed by atoms with van der Waals surface area (Å²) in [6.45, 7) is 11.0. The number of hydrogen-bond donors (Lipinski definition) is 1. The number of allylic oxidation sites excluding steroid dienone is 1. The Hall–Kier alpha value is -0.653. The molecule has 0 aliphatic heterocycles. The summed E-state index contributed by atoms with van der Waals surface area (Å²) in [7, 11) is -0.123. The molecule has 0 spiro atoms. The third kappa shape index (κ3) is 11.7. The molecule has 0 heterocycles. The second-order valence-electron chi connectivity index (χ2n) is 10.4. The molecule has 1 aliphatic rings. The molecule has 1 saturated carbocycles. The minimum absolute atomic E-state index is 0.106. The lowest BCUT2D eigenvalue weighted by atomic mass is 9.87. The highest BCUT2D eigenvalue weighted by molar-refractivity contribution is 6.69. The van der Waals surface area contributed by atoms with Gasteiger partial charge in [-0.25, -0.2) is 0 Å². The van der Waals surface area contributed by atoms with Crippen molar-refractivity contribution < 1.29 is 19.1 Å². The third-order valence-corrected chi connectivity index (χ3v) is 7.21. The molecule has 0 aromatic rings. The van der Waals surface area contributed by atoms with E-state index < -0.39 is 13.9 Å². The highest BCUT2D eigenvalue weighted by Gasteiger charge is 2.37. The molecule has 0 bridgehead atoms. The highest BCUT2D eigenvalue weighted by atomic mass is 28.4. The van der Waals surface area contributed by atoms with Crippen molar-refractivity contribution in [1.29, 1.82) is 0 Å². The first kappa shape index (κ1) is 27.4. The molecular formula is C25H48O4Si. The number of unbranched alkanes of at least 4 members (excludes halogenated alkanes) is 5. The highest BCUT2D eigenvalue weighted by Crippen LogP contribution is 2.40. The summed E-state index contributed by atoms with van der Waals surface area (Å²) < 4.78 is 11.3. The van der Waals surface area contributed by atoms with Gasteiger partial charge in [-0.2, -0.15) is 0 Å². The van der Waals surface area contributed by atoms with Gasteiger partial charge in [-0.05, 0) is 70.5 Å². The molecule has 0 aromatic heterocycles. The minimum Gasteiger partial charge on any atom is -0.469 e. The lowest BCUT2D eigenvalue weighted by Gasteiger charge is -2.30. The fourth-order valence-electron chi connectivity index (χ4n) is 4.55. The van der Waals surface area contributed by atoms with E-state index in [1.807, 2.05) is 6.92 Å². The molecule has 0 amide bonds. The van der Waals surface area contributed by atoms with Gasteiger partial charge >= 0.3 is 5.97 Å². The summed E-state index contributed by atoms with van der Waals surface area (Å²) in [5, 5.41) is 10.7. The molecule has 1 N–H and O–H groups in total. The van der Waals surface area contributed by atoms with Gasteiger partial charge in [-0.3, -0.25) is 4.79 Å². The molecule has 5 heteroatoms. The SMILES string of the molecule is CCCCCC(C)(O)C=C[C@@H]1CCC(O[Si](C)(C)C)[C@H]1CCCCCCC(=O)OC. The minimum atomic E-state index is -1.58. The molecule has 2 unspecified atom stereocenters. The van der Waals surface area contributed by atoms with E-state index in [2.05, 4.69) is 38.7 Å². The Morgan fingerprint density at radius 2 is 1.80 bits per heavy atom. The summed E-state index contributed by atoms with van der Waals surface area (Å²) in [6, 6.07) is 0. The van der Waals surface area contributed by atoms with Crippen LogP contribution >= 0.6 is 0 Å². The molecule has 0 aromatic carbocycles. The van der Waals surface area contributed by atoms with Crippen molar-refractivity contribution in [2.24, 2.45) is 11.8 Å². The monoisotopic (exact) mass is 440 g/mol. The van der Waals surface area contributed by atoms with Crippen molar-refractivity contribution in [3.8, 4) is 0 Å². The number of aliphatic hydroxyl groups is 1. The number of hydrogen-bond acceptors (Lipinski definition) is 4. The summed E-state index contributed by atoms with van der Waals surface area (Å²) in [5.74, 6) is 0.935. The van der Waals surface area contributed by atoms with Crippen LogP contribution < -0.4 is 0 Å². The van der Waals surface area contributed by atoms with Gasteiger partial charge in [0.05, 0.1) is 12.7 Å². The predicted molar refractivity (Wildman–Crippen MR) is 128 cm³/mol. The smallest absolute Gasteiger partial charge is 0.305 e. The van der Waals surface area contributed by atoms with Crippen molar-refractivity contribution in [2.45, 2.75) is 122 Å². The summed E-state index contributed by atoms with van der Waals surface area (Å²) >= 11 is 0. The van der Waals surface area contributed by atoms with E-state index in [-0.39, 0.29) is 5.97 Å². The van der Waals surface area contributed by atoms with Gasteiger partial charge in [0.1, 0.15) is 0 Å². The molecule has 4 nitrogen and oxygen atoms in total. The van der Waals surface area contributed by atoms with Crippen molar-refractivity contribution in [3.63, 3.8) is 0 Å². The van der Waals surface area contributed by atoms with Crippen LogP contribution in [-0.4, -0.2) is 38.2 Å². The van der Waals surface area contributed by atoms with E-state index in [0.29, 0.717) is 24.4 Å². The number of ether oxygens (including phenoxy) is 1. The van der Waals surface area contributed by atoms with Crippen molar-refractivity contribution >= 4 is 14.3 Å². The first-order valence-corrected chi connectivity index (χ1v) is 15.6. The maximum atomic E-state index is 11.2. The fraction of sp³-hybridized carbons (Fsp3) is 0.880. The van der Waals surface area contributed by atoms with Gasteiger partial charge in [0.15, 0.2) is 8.32 Å². The third-order valence-electron chi connectivity index (χ3n) is 6.20. The second-order valence-corrected chi connectivity index (χ2v) is 14.8. The zero-order valence-corrected chi connectivity index (χ0v) is 21.5. The number of esters is 1. The van der Waals surface area contributed by atoms with Crippen LogP contribution in [0.5, 0.6) is 0 Å². The van der Waals surface area contributed by atoms with E-state index in [1.54, 1.807) is 0 Å². The van der Waals surface area contributed by atoms with Crippen LogP contribution in [0.2, 0.25) is 19.6 Å². The van der Waals surface area contributed by atoms with Gasteiger partial charge in [0.2, 0.25) is 0 Å². The molecule has 1 rings (SSSR count). The summed E-state index contributed by atoms with van der Waals surface area (Å²) in [6.07, 6.45) is 17.3. The predicted octanol–water partition coefficient (Wildman–Crippen LogP) is 6.63. The second kappa shape index (κ2) is 13.7. The fourth-order valence-corrected chi connectivity index (χ4v) is 5.75. The van der Waals surface area contributed by atoms with Gasteiger partial charge in [0.25, 0.3) is 0 Å². The lowest BCUT2D eigenvalue weighted by Crippen LogP contribution is -2.35. The molecule has 0 saturated heterocycles. The van der Waals surface area contributed by atoms with Gasteiger partial charge in [-0.1, -0.05) is 57.6 Å². The molecule has 4 atom stereocenters. The number of methoxy groups -OCH3 is 1. The van der Waals surface area contributed by atoms with E-state index in [9.17, 15) is 9.90 Å². The lowest BCUT2D eigenvalue weighted by molar-refractivity contribution is -0.140. The average molecular weight is 441 g/mol. The molecule has 176 valence electrons. The van der Waals surface area contributed by atoms with Crippen molar-refractivity contribution in [3.05, 3.63) is 12.2 Å². The summed E-state index contributed by atoms with van der Waals surface area (Å²) in [4.78, 5) is 11.2. The zero-order valence-electron chi connectivity index (χ0n) is 20.5. The standard InChI is InChI=1S/C25H48O4Si/c1-7-8-13-19-25(2,27)20-18-21-16-17-23(29-30(4,5)6)22(21)14-11-9-10-12-15-24(26)28-3/h18,20-23,27H,7-17,19H2,1-6H3/t21-,22-,23?,25?/m0/s1. The maximum absolute atomic E-state index is 11.2. The Labute approximate surface area is 186 Å². The topological polar surface area (TPSA) is 55.8 Å². The molecular weight excluding hydrogens is 392 g/mol. The molecule has 0 radical (unpaired) electrons. The zero-order chi connectivity index (χ0) is 22.6. The number of rotatable bonds is 15. The molecule has 1 fully saturated rings. The maximum Gasteiger partial charge on any atom is 0.305 e. The van der Waals surface area contributed by atoms with Crippen LogP contribution in [0.15, 0.2) is 12.2 Å². The Morgan fingerprint density at radius 3 is 2.43 bits per heavy atom. The van der Waals surface area contributed by atoms with Crippen LogP contribution in [0, 0.1) is 11.8 Å². The Morgan fingerprint density at radius 1 is 1.10 bits per heavy atom. The average Bonchev–Trinajstić information content (AvgIpc) is 3.02. The first-order valence-electron chi connectivity index (χ1n) is 12.2. The molecule has 1 aliphatic carbocycles. The number of carbonyl (C=O) groups excluding carboxylic acids is 1. The van der Waals surface area contributed by atoms with Crippen LogP contribution in [-0.2, 0) is 14.0 Å². The normalized spacial score (nSPS) is 24.3. The van der Waals surface area contributed by atoms with E-state index in [4.69, 9.17) is 9.16 Å². The van der Waals surface area contributed by atoms with E-state index in [1.165, 1.54) is 32.8 Å². The van der Waals surface area contributed by atoms with E-state index >= 15 is 0 Å². The molecule has 30 heavy (non-hydrogen) atoms. The Bertz CT molecular complexity index is 510. The first-order chi connectivity index (χ1) is 14.1. The Kier molecular flexibility index (Phi) is 12.5. The van der Waals surface area contributed by atoms with Crippen molar-refractivity contribution in [1.82, 2.24) is 0 Å². The van der Waals surface area contributed by atoms with Gasteiger partial charge in [0, 0.05) is 12.5 Å². The van der Waals surface area contributed by atoms with E-state index in [0.717, 1.165) is 44.9 Å². The van der Waals surface area contributed by atoms with Gasteiger partial charge in [-0.15, -0.1) is 0 Å². The van der Waals surface area contributed by atoms with Crippen LogP contribution in [0.4, 0.5) is 0 Å². The Balaban J connectivity index is 2.61. The summed E-state index contributed by atoms with van der Waals surface area (Å²) in [5.41, 5.74) is -0.703. The quantitative estimate of drug-likeness (QED) is 0.134. The van der Waals surface area contributed by atoms with Crippen LogP contribution in [0.1, 0.15) is 90.9 Å². The van der Waals surface area contributed by atoms with Crippen molar-refractivity contribution in [2.75, 3.05) is 7.11 Å². The van der Waals surface area contributed by atoms with Crippen LogP contribution in [0.25, 0.3) is 0 Å². The van der Waals surface area contributed by atoms with Crippen LogP contribution in [0.3, 0.4) is 0 Å². The largest absolute Gasteiger partial charge is 0.469 e. The van der Waals surface area contributed by atoms with Gasteiger partial charge < -0.3 is 14.3 Å².